The van der Waals surface area contributed by atoms with Crippen LogP contribution in [0.15, 0.2) is 16.8 Å². The molecule has 0 aliphatic carbocycles. The van der Waals surface area contributed by atoms with Crippen molar-refractivity contribution in [2.24, 2.45) is 5.92 Å². The molecule has 0 amide bonds. The zero-order chi connectivity index (χ0) is 10.4. The van der Waals surface area contributed by atoms with E-state index in [9.17, 15) is 0 Å². The third kappa shape index (κ3) is 4.42. The highest BCUT2D eigenvalue weighted by atomic mass is 16.5. The first-order valence-electron chi connectivity index (χ1n) is 5.31. The quantitative estimate of drug-likeness (QED) is 0.760. The molecule has 0 aliphatic rings. The first-order chi connectivity index (χ1) is 6.68. The van der Waals surface area contributed by atoms with Crippen molar-refractivity contribution in [3.63, 3.8) is 0 Å². The lowest BCUT2D eigenvalue weighted by molar-refractivity contribution is 0.358. The Labute approximate surface area is 85.9 Å². The largest absolute Gasteiger partial charge is 0.360 e. The fraction of sp³-hybridized carbons (Fsp3) is 0.727. The van der Waals surface area contributed by atoms with Crippen molar-refractivity contribution in [1.82, 2.24) is 10.5 Å². The van der Waals surface area contributed by atoms with Crippen LogP contribution in [0.25, 0.3) is 0 Å². The van der Waals surface area contributed by atoms with Gasteiger partial charge in [-0.1, -0.05) is 19.0 Å². The highest BCUT2D eigenvalue weighted by molar-refractivity contribution is 4.92. The molecule has 1 N–H and O–H groups in total. The number of nitrogens with one attached hydrogen (secondary N) is 1. The van der Waals surface area contributed by atoms with Gasteiger partial charge in [0.05, 0.1) is 12.7 Å². The van der Waals surface area contributed by atoms with Gasteiger partial charge >= 0.3 is 0 Å². The van der Waals surface area contributed by atoms with E-state index in [4.69, 9.17) is 4.52 Å². The molecule has 0 spiro atoms. The van der Waals surface area contributed by atoms with E-state index in [-0.39, 0.29) is 0 Å². The molecule has 1 aromatic heterocycles. The number of aromatic nitrogens is 1. The van der Waals surface area contributed by atoms with Crippen LogP contribution in [0.5, 0.6) is 0 Å². The van der Waals surface area contributed by atoms with Crippen LogP contribution < -0.4 is 5.32 Å². The van der Waals surface area contributed by atoms with Gasteiger partial charge in [0, 0.05) is 12.1 Å². The fourth-order valence-corrected chi connectivity index (χ4v) is 1.29. The summed E-state index contributed by atoms with van der Waals surface area (Å²) >= 11 is 0. The number of rotatable bonds is 6. The first kappa shape index (κ1) is 11.2. The van der Waals surface area contributed by atoms with Crippen LogP contribution in [0, 0.1) is 5.92 Å². The van der Waals surface area contributed by atoms with Crippen LogP contribution in [0.4, 0.5) is 0 Å². The second-order valence-electron chi connectivity index (χ2n) is 4.23. The second-order valence-corrected chi connectivity index (χ2v) is 4.23. The van der Waals surface area contributed by atoms with Crippen molar-refractivity contribution >= 4 is 0 Å². The van der Waals surface area contributed by atoms with E-state index in [1.165, 1.54) is 12.8 Å². The lowest BCUT2D eigenvalue weighted by Gasteiger charge is -2.13. The molecule has 0 aromatic carbocycles. The highest BCUT2D eigenvalue weighted by Crippen LogP contribution is 2.07. The molecule has 3 heteroatoms. The van der Waals surface area contributed by atoms with Crippen molar-refractivity contribution in [2.75, 3.05) is 0 Å². The molecule has 14 heavy (non-hydrogen) atoms. The maximum Gasteiger partial charge on any atom is 0.150 e. The number of hydrogen-bond acceptors (Lipinski definition) is 3. The Morgan fingerprint density at radius 3 is 2.71 bits per heavy atom. The lowest BCUT2D eigenvalue weighted by atomic mass is 10.0. The van der Waals surface area contributed by atoms with Crippen molar-refractivity contribution in [3.05, 3.63) is 18.0 Å². The van der Waals surface area contributed by atoms with Gasteiger partial charge in [0.2, 0.25) is 0 Å². The van der Waals surface area contributed by atoms with Gasteiger partial charge in [-0.25, -0.2) is 0 Å². The predicted octanol–water partition coefficient (Wildman–Crippen LogP) is 2.59. The smallest absolute Gasteiger partial charge is 0.150 e. The van der Waals surface area contributed by atoms with Gasteiger partial charge in [-0.3, -0.25) is 0 Å². The number of hydrogen-bond donors (Lipinski definition) is 1. The first-order valence-corrected chi connectivity index (χ1v) is 5.31. The van der Waals surface area contributed by atoms with E-state index in [2.05, 4.69) is 31.2 Å². The van der Waals surface area contributed by atoms with E-state index in [1.54, 1.807) is 6.20 Å². The molecule has 0 bridgehead atoms. The molecular formula is C11H20N2O. The molecule has 0 radical (unpaired) electrons. The zero-order valence-electron chi connectivity index (χ0n) is 9.29. The molecule has 1 rings (SSSR count). The van der Waals surface area contributed by atoms with Crippen LogP contribution in [-0.2, 0) is 6.54 Å². The minimum atomic E-state index is 0.544. The average molecular weight is 196 g/mol. The van der Waals surface area contributed by atoms with Crippen LogP contribution >= 0.6 is 0 Å². The van der Waals surface area contributed by atoms with Gasteiger partial charge in [-0.05, 0) is 25.7 Å². The van der Waals surface area contributed by atoms with E-state index in [0.29, 0.717) is 6.04 Å². The van der Waals surface area contributed by atoms with Crippen LogP contribution in [0.3, 0.4) is 0 Å². The second kappa shape index (κ2) is 5.81. The van der Waals surface area contributed by atoms with Crippen molar-refractivity contribution in [1.29, 1.82) is 0 Å². The topological polar surface area (TPSA) is 38.1 Å². The molecule has 1 aromatic rings. The van der Waals surface area contributed by atoms with Crippen molar-refractivity contribution in [2.45, 2.75) is 46.2 Å². The van der Waals surface area contributed by atoms with Gasteiger partial charge in [0.1, 0.15) is 5.76 Å². The minimum absolute atomic E-state index is 0.544. The summed E-state index contributed by atoms with van der Waals surface area (Å²) in [5, 5.41) is 7.07. The van der Waals surface area contributed by atoms with E-state index in [0.717, 1.165) is 18.2 Å². The summed E-state index contributed by atoms with van der Waals surface area (Å²) < 4.78 is 5.00. The van der Waals surface area contributed by atoms with Crippen molar-refractivity contribution < 1.29 is 4.52 Å². The van der Waals surface area contributed by atoms with Crippen LogP contribution in [0.1, 0.15) is 39.4 Å². The third-order valence-electron chi connectivity index (χ3n) is 2.29. The Hall–Kier alpha value is -0.830. The van der Waals surface area contributed by atoms with E-state index in [1.807, 2.05) is 6.07 Å². The van der Waals surface area contributed by atoms with Crippen molar-refractivity contribution in [3.8, 4) is 0 Å². The summed E-state index contributed by atoms with van der Waals surface area (Å²) in [6, 6.07) is 2.44. The molecule has 1 heterocycles. The van der Waals surface area contributed by atoms with E-state index < -0.39 is 0 Å². The summed E-state index contributed by atoms with van der Waals surface area (Å²) in [7, 11) is 0. The molecule has 1 unspecified atom stereocenters. The maximum absolute atomic E-state index is 5.00. The Balaban J connectivity index is 2.12. The molecule has 80 valence electrons. The Morgan fingerprint density at radius 2 is 2.14 bits per heavy atom. The van der Waals surface area contributed by atoms with Gasteiger partial charge < -0.3 is 9.84 Å². The summed E-state index contributed by atoms with van der Waals surface area (Å²) in [6.45, 7) is 7.49. The standard InChI is InChI=1S/C11H20N2O/c1-9(2)4-5-10(3)12-8-11-6-7-13-14-11/h6-7,9-10,12H,4-5,8H2,1-3H3. The zero-order valence-corrected chi connectivity index (χ0v) is 9.29. The Morgan fingerprint density at radius 1 is 1.36 bits per heavy atom. The molecule has 0 aliphatic heterocycles. The lowest BCUT2D eigenvalue weighted by Crippen LogP contribution is -2.25. The fourth-order valence-electron chi connectivity index (χ4n) is 1.29. The Bertz CT molecular complexity index is 231. The van der Waals surface area contributed by atoms with Gasteiger partial charge in [-0.15, -0.1) is 0 Å². The predicted molar refractivity (Wildman–Crippen MR) is 56.9 cm³/mol. The minimum Gasteiger partial charge on any atom is -0.360 e. The highest BCUT2D eigenvalue weighted by Gasteiger charge is 2.04. The van der Waals surface area contributed by atoms with Gasteiger partial charge in [0.25, 0.3) is 0 Å². The molecule has 3 nitrogen and oxygen atoms in total. The Kier molecular flexibility index (Phi) is 4.66. The van der Waals surface area contributed by atoms with Gasteiger partial charge in [-0.2, -0.15) is 0 Å². The maximum atomic E-state index is 5.00. The molecule has 1 atom stereocenters. The average Bonchev–Trinajstić information content (AvgIpc) is 2.63. The number of nitrogens with zero attached hydrogens (tertiary/aromatic N) is 1. The summed E-state index contributed by atoms with van der Waals surface area (Å²) in [5.74, 6) is 1.69. The molecular weight excluding hydrogens is 176 g/mol. The SMILES string of the molecule is CC(C)CCC(C)NCc1ccno1. The third-order valence-corrected chi connectivity index (χ3v) is 2.29. The summed E-state index contributed by atoms with van der Waals surface area (Å²) in [4.78, 5) is 0. The van der Waals surface area contributed by atoms with Crippen LogP contribution in [-0.4, -0.2) is 11.2 Å². The molecule has 0 saturated heterocycles. The summed E-state index contributed by atoms with van der Waals surface area (Å²) in [6.07, 6.45) is 4.16. The van der Waals surface area contributed by atoms with E-state index >= 15 is 0 Å². The van der Waals surface area contributed by atoms with Gasteiger partial charge in [0.15, 0.2) is 0 Å². The summed E-state index contributed by atoms with van der Waals surface area (Å²) in [5.41, 5.74) is 0. The molecule has 0 fully saturated rings. The molecule has 0 saturated carbocycles. The normalized spacial score (nSPS) is 13.4. The van der Waals surface area contributed by atoms with Crippen LogP contribution in [0.2, 0.25) is 0 Å². The monoisotopic (exact) mass is 196 g/mol.